The Kier molecular flexibility index (Phi) is 12.0. The average molecular weight is 511 g/mol. The predicted octanol–water partition coefficient (Wildman–Crippen LogP) is -2.18. The maximum absolute atomic E-state index is 12.8. The smallest absolute Gasteiger partial charge is 0.326 e. The van der Waals surface area contributed by atoms with Crippen molar-refractivity contribution >= 4 is 35.6 Å². The molecule has 36 heavy (non-hydrogen) atoms. The van der Waals surface area contributed by atoms with Crippen LogP contribution in [-0.2, 0) is 35.2 Å². The molecule has 0 aliphatic rings. The molecule has 0 fully saturated rings. The number of amides is 3. The normalized spacial score (nSPS) is 14.9. The van der Waals surface area contributed by atoms with Gasteiger partial charge >= 0.3 is 17.9 Å². The zero-order chi connectivity index (χ0) is 27.4. The number of aliphatic hydroxyl groups excluding tert-OH is 1. The molecule has 5 atom stereocenters. The Hall–Kier alpha value is -4.04. The molecule has 14 nitrogen and oxygen atoms in total. The van der Waals surface area contributed by atoms with Crippen molar-refractivity contribution in [2.45, 2.75) is 62.9 Å². The molecule has 0 aliphatic carbocycles. The van der Waals surface area contributed by atoms with Gasteiger partial charge in [-0.15, -0.1) is 0 Å². The molecule has 1 aromatic rings. The van der Waals surface area contributed by atoms with E-state index in [1.54, 1.807) is 30.3 Å². The second-order valence-corrected chi connectivity index (χ2v) is 8.01. The quantitative estimate of drug-likeness (QED) is 0.126. The van der Waals surface area contributed by atoms with E-state index in [0.29, 0.717) is 0 Å². The Bertz CT molecular complexity index is 953. The van der Waals surface area contributed by atoms with Gasteiger partial charge in [0, 0.05) is 6.42 Å². The number of nitrogens with one attached hydrogen (secondary N) is 3. The topological polar surface area (TPSA) is 245 Å². The van der Waals surface area contributed by atoms with Crippen LogP contribution in [0.5, 0.6) is 0 Å². The molecular formula is C22H30N4O10. The van der Waals surface area contributed by atoms with Crippen molar-refractivity contribution in [3.8, 4) is 0 Å². The van der Waals surface area contributed by atoms with Crippen LogP contribution in [0.2, 0.25) is 0 Å². The Balaban J connectivity index is 2.96. The standard InChI is InChI=1S/C22H30N4O10/c1-11(27)18(26-19(32)13(23)9-12-5-3-2-4-6-12)21(34)24-14(7-8-16(28)29)20(33)25-15(22(35)36)10-17(30)31/h2-6,11,13-15,18,27H,7-10,23H2,1H3,(H,24,34)(H,25,33)(H,26,32)(H,28,29)(H,30,31)(H,35,36). The summed E-state index contributed by atoms with van der Waals surface area (Å²) >= 11 is 0. The van der Waals surface area contributed by atoms with E-state index < -0.39 is 85.2 Å². The van der Waals surface area contributed by atoms with Crippen molar-refractivity contribution in [2.75, 3.05) is 0 Å². The fraction of sp³-hybridized carbons (Fsp3) is 0.455. The van der Waals surface area contributed by atoms with Gasteiger partial charge in [-0.3, -0.25) is 24.0 Å². The van der Waals surface area contributed by atoms with E-state index >= 15 is 0 Å². The zero-order valence-corrected chi connectivity index (χ0v) is 19.4. The molecule has 0 aliphatic heterocycles. The minimum atomic E-state index is -1.84. The molecule has 0 saturated heterocycles. The van der Waals surface area contributed by atoms with Gasteiger partial charge in [0.25, 0.3) is 0 Å². The molecule has 0 spiro atoms. The highest BCUT2D eigenvalue weighted by Gasteiger charge is 2.33. The summed E-state index contributed by atoms with van der Waals surface area (Å²) in [7, 11) is 0. The zero-order valence-electron chi connectivity index (χ0n) is 19.4. The predicted molar refractivity (Wildman–Crippen MR) is 122 cm³/mol. The summed E-state index contributed by atoms with van der Waals surface area (Å²) in [5.74, 6) is -7.50. The summed E-state index contributed by atoms with van der Waals surface area (Å²) in [5, 5.41) is 43.3. The molecule has 1 rings (SSSR count). The van der Waals surface area contributed by atoms with Crippen LogP contribution in [0.25, 0.3) is 0 Å². The van der Waals surface area contributed by atoms with Crippen LogP contribution < -0.4 is 21.7 Å². The summed E-state index contributed by atoms with van der Waals surface area (Å²) in [6.07, 6.45) is -3.39. The Morgan fingerprint density at radius 2 is 1.42 bits per heavy atom. The fourth-order valence-corrected chi connectivity index (χ4v) is 3.07. The highest BCUT2D eigenvalue weighted by atomic mass is 16.4. The second kappa shape index (κ2) is 14.4. The molecule has 198 valence electrons. The van der Waals surface area contributed by atoms with Gasteiger partial charge in [0.05, 0.1) is 18.6 Å². The second-order valence-electron chi connectivity index (χ2n) is 8.01. The lowest BCUT2D eigenvalue weighted by Crippen LogP contribution is -2.60. The van der Waals surface area contributed by atoms with E-state index in [-0.39, 0.29) is 6.42 Å². The van der Waals surface area contributed by atoms with Gasteiger partial charge in [-0.25, -0.2) is 4.79 Å². The van der Waals surface area contributed by atoms with Crippen LogP contribution >= 0.6 is 0 Å². The molecule has 0 aromatic heterocycles. The molecule has 9 N–H and O–H groups in total. The minimum absolute atomic E-state index is 0.130. The van der Waals surface area contributed by atoms with Crippen LogP contribution in [-0.4, -0.2) is 86.3 Å². The van der Waals surface area contributed by atoms with Crippen molar-refractivity contribution < 1.29 is 49.2 Å². The fourth-order valence-electron chi connectivity index (χ4n) is 3.07. The maximum atomic E-state index is 12.8. The first-order valence-electron chi connectivity index (χ1n) is 10.9. The van der Waals surface area contributed by atoms with Crippen molar-refractivity contribution in [1.82, 2.24) is 16.0 Å². The first-order chi connectivity index (χ1) is 16.8. The van der Waals surface area contributed by atoms with Crippen LogP contribution in [0.4, 0.5) is 0 Å². The van der Waals surface area contributed by atoms with Crippen molar-refractivity contribution in [3.05, 3.63) is 35.9 Å². The first kappa shape index (κ1) is 30.0. The largest absolute Gasteiger partial charge is 0.481 e. The number of hydrogen-bond donors (Lipinski definition) is 8. The van der Waals surface area contributed by atoms with E-state index in [0.717, 1.165) is 5.56 Å². The van der Waals surface area contributed by atoms with Crippen LogP contribution in [0.1, 0.15) is 31.7 Å². The van der Waals surface area contributed by atoms with Gasteiger partial charge in [-0.2, -0.15) is 0 Å². The van der Waals surface area contributed by atoms with Crippen molar-refractivity contribution in [2.24, 2.45) is 5.73 Å². The van der Waals surface area contributed by atoms with E-state index in [4.69, 9.17) is 21.1 Å². The summed E-state index contributed by atoms with van der Waals surface area (Å²) < 4.78 is 0. The maximum Gasteiger partial charge on any atom is 0.326 e. The highest BCUT2D eigenvalue weighted by molar-refractivity contribution is 5.95. The molecule has 0 bridgehead atoms. The molecule has 0 heterocycles. The lowest BCUT2D eigenvalue weighted by Gasteiger charge is -2.26. The number of aliphatic hydroxyl groups is 1. The Morgan fingerprint density at radius 1 is 0.833 bits per heavy atom. The molecule has 1 aromatic carbocycles. The summed E-state index contributed by atoms with van der Waals surface area (Å²) in [6.45, 7) is 1.19. The van der Waals surface area contributed by atoms with E-state index in [9.17, 15) is 33.9 Å². The summed E-state index contributed by atoms with van der Waals surface area (Å²) in [4.78, 5) is 71.0. The number of benzene rings is 1. The third-order valence-corrected chi connectivity index (χ3v) is 4.97. The van der Waals surface area contributed by atoms with Gasteiger partial charge in [-0.05, 0) is 25.3 Å². The lowest BCUT2D eigenvalue weighted by molar-refractivity contribution is -0.147. The average Bonchev–Trinajstić information content (AvgIpc) is 2.79. The van der Waals surface area contributed by atoms with Gasteiger partial charge in [-0.1, -0.05) is 30.3 Å². The summed E-state index contributed by atoms with van der Waals surface area (Å²) in [6, 6.07) is 2.63. The van der Waals surface area contributed by atoms with Crippen LogP contribution in [0.3, 0.4) is 0 Å². The number of nitrogens with two attached hydrogens (primary N) is 1. The minimum Gasteiger partial charge on any atom is -0.481 e. The third kappa shape index (κ3) is 10.5. The number of rotatable bonds is 15. The first-order valence-corrected chi connectivity index (χ1v) is 10.9. The lowest BCUT2D eigenvalue weighted by atomic mass is 10.0. The van der Waals surface area contributed by atoms with Gasteiger partial charge in [0.1, 0.15) is 18.1 Å². The number of aliphatic carboxylic acids is 3. The van der Waals surface area contributed by atoms with Gasteiger partial charge in [0.15, 0.2) is 0 Å². The van der Waals surface area contributed by atoms with Crippen LogP contribution in [0.15, 0.2) is 30.3 Å². The van der Waals surface area contributed by atoms with Gasteiger partial charge < -0.3 is 42.1 Å². The highest BCUT2D eigenvalue weighted by Crippen LogP contribution is 2.05. The van der Waals surface area contributed by atoms with Gasteiger partial charge in [0.2, 0.25) is 17.7 Å². The molecule has 14 heteroatoms. The number of hydrogen-bond acceptors (Lipinski definition) is 8. The Morgan fingerprint density at radius 3 is 1.92 bits per heavy atom. The molecular weight excluding hydrogens is 480 g/mol. The third-order valence-electron chi connectivity index (χ3n) is 4.97. The monoisotopic (exact) mass is 510 g/mol. The van der Waals surface area contributed by atoms with E-state index in [1.807, 2.05) is 5.32 Å². The SMILES string of the molecule is CC(O)C(NC(=O)C(N)Cc1ccccc1)C(=O)NC(CCC(=O)O)C(=O)NC(CC(=O)O)C(=O)O. The van der Waals surface area contributed by atoms with Crippen LogP contribution in [0, 0.1) is 0 Å². The van der Waals surface area contributed by atoms with Crippen molar-refractivity contribution in [1.29, 1.82) is 0 Å². The molecule has 0 radical (unpaired) electrons. The molecule has 5 unspecified atom stereocenters. The number of carboxylic acids is 3. The van der Waals surface area contributed by atoms with E-state index in [1.165, 1.54) is 6.92 Å². The number of carbonyl (C=O) groups excluding carboxylic acids is 3. The number of carbonyl (C=O) groups is 6. The van der Waals surface area contributed by atoms with Crippen molar-refractivity contribution in [3.63, 3.8) is 0 Å². The summed E-state index contributed by atoms with van der Waals surface area (Å²) in [5.41, 5.74) is 6.64. The number of carboxylic acid groups (broad SMARTS) is 3. The Labute approximate surface area is 205 Å². The van der Waals surface area contributed by atoms with E-state index in [2.05, 4.69) is 10.6 Å². The molecule has 3 amide bonds. The molecule has 0 saturated carbocycles.